The minimum absolute atomic E-state index is 0. The molecule has 2 saturated heterocycles. The summed E-state index contributed by atoms with van der Waals surface area (Å²) in [6, 6.07) is 0. The summed E-state index contributed by atoms with van der Waals surface area (Å²) in [6.07, 6.45) is 0. The van der Waals surface area contributed by atoms with Crippen molar-refractivity contribution in [3.63, 3.8) is 0 Å². The van der Waals surface area contributed by atoms with E-state index in [4.69, 9.17) is 37.9 Å². The molecule has 2 fully saturated rings. The van der Waals surface area contributed by atoms with Gasteiger partial charge in [-0.05, 0) is 25.9 Å². The first kappa shape index (κ1) is 58.6. The van der Waals surface area contributed by atoms with Crippen LogP contribution in [0, 0.1) is 87.3 Å². The van der Waals surface area contributed by atoms with Crippen LogP contribution in [0.4, 0.5) is 65.9 Å². The van der Waals surface area contributed by atoms with Gasteiger partial charge in [0.25, 0.3) is 0 Å². The fourth-order valence-electron chi connectivity index (χ4n) is 6.06. The maximum atomic E-state index is 15.4. The van der Waals surface area contributed by atoms with E-state index >= 15 is 26.3 Å². The van der Waals surface area contributed by atoms with Crippen molar-refractivity contribution in [2.75, 3.05) is 106 Å². The number of hydrogen-bond donors (Lipinski definition) is 0. The minimum atomic E-state index is -5.36. The monoisotopic (exact) mass is 974 g/mol. The Hall–Kier alpha value is -2.55. The summed E-state index contributed by atoms with van der Waals surface area (Å²) in [5, 5.41) is -1.72. The summed E-state index contributed by atoms with van der Waals surface area (Å²) >= 11 is 0. The summed E-state index contributed by atoms with van der Waals surface area (Å²) < 4.78 is 263. The Labute approximate surface area is 378 Å². The Morgan fingerprint density at radius 2 is 0.431 bits per heavy atom. The predicted molar refractivity (Wildman–Crippen MR) is 208 cm³/mol. The van der Waals surface area contributed by atoms with E-state index < -0.39 is 130 Å². The van der Waals surface area contributed by atoms with Gasteiger partial charge in [-0.25, -0.2) is 65.9 Å². The first-order valence-corrected chi connectivity index (χ1v) is 19.9. The van der Waals surface area contributed by atoms with E-state index in [9.17, 15) is 39.5 Å². The van der Waals surface area contributed by atoms with Crippen molar-refractivity contribution >= 4 is 37.5 Å². The maximum Gasteiger partial charge on any atom is 1.00 e. The van der Waals surface area contributed by atoms with Gasteiger partial charge in [0.1, 0.15) is 34.9 Å². The molecule has 0 amide bonds. The van der Waals surface area contributed by atoms with Gasteiger partial charge in [0, 0.05) is 0 Å². The van der Waals surface area contributed by atoms with Gasteiger partial charge in [0.15, 0.2) is 52.4 Å². The summed E-state index contributed by atoms with van der Waals surface area (Å²) in [7, 11) is -5.61. The second-order valence-electron chi connectivity index (χ2n) is 14.1. The summed E-state index contributed by atoms with van der Waals surface area (Å²) in [6.45, 7) is 13.5. The zero-order valence-electron chi connectivity index (χ0n) is 34.8. The molecule has 0 aromatic heterocycles. The number of hydrogen-bond acceptors (Lipinski definition) is 8. The molecule has 0 saturated carbocycles. The van der Waals surface area contributed by atoms with E-state index in [1.165, 1.54) is 0 Å². The molecule has 362 valence electrons. The molecular weight excluding hydrogens is 929 g/mol. The fraction of sp³-hybridized carbons (Fsp3) is 0.526. The average Bonchev–Trinajstić information content (AvgIpc) is 3.25. The third-order valence-electron chi connectivity index (χ3n) is 8.66. The van der Waals surface area contributed by atoms with E-state index in [0.717, 1.165) is 20.8 Å². The van der Waals surface area contributed by atoms with E-state index in [0.29, 0.717) is 106 Å². The number of halogens is 15. The Bertz CT molecular complexity index is 1660. The molecule has 1 unspecified atom stereocenters. The van der Waals surface area contributed by atoms with E-state index in [1.807, 2.05) is 0 Å². The fourth-order valence-corrected chi connectivity index (χ4v) is 8.56. The van der Waals surface area contributed by atoms with Gasteiger partial charge in [0.2, 0.25) is 5.87 Å². The maximum absolute atomic E-state index is 15.4. The van der Waals surface area contributed by atoms with Gasteiger partial charge < -0.3 is 45.6 Å². The van der Waals surface area contributed by atoms with Gasteiger partial charge in [-0.3, -0.25) is 0 Å². The zero-order chi connectivity index (χ0) is 47.9. The topological polar surface area (TPSA) is 73.8 Å². The van der Waals surface area contributed by atoms with Crippen molar-refractivity contribution in [3.05, 3.63) is 87.3 Å². The Kier molecular flexibility index (Phi) is 24.7. The van der Waals surface area contributed by atoms with Crippen molar-refractivity contribution < 1.29 is 123 Å². The number of ether oxygens (including phenoxy) is 8. The van der Waals surface area contributed by atoms with Crippen LogP contribution in [0.5, 0.6) is 0 Å². The van der Waals surface area contributed by atoms with Gasteiger partial charge >= 0.3 is 18.9 Å². The van der Waals surface area contributed by atoms with Gasteiger partial charge in [0.05, 0.1) is 113 Å². The molecule has 2 aliphatic rings. The van der Waals surface area contributed by atoms with Crippen molar-refractivity contribution in [2.24, 2.45) is 0 Å². The second kappa shape index (κ2) is 27.4. The van der Waals surface area contributed by atoms with E-state index in [1.54, 1.807) is 0 Å². The van der Waals surface area contributed by atoms with Crippen molar-refractivity contribution in [1.82, 2.24) is 0 Å². The molecular formula is C38H45B2F15LiO8P. The largest absolute Gasteiger partial charge is 1.00 e. The SMILES string of the molecule is C1COCCOCCOCCO1.C1COCCOCCOCCO1.[BH3-][PH+]([B-](c1c(F)c(F)c(F)c(F)c1F)(c1c(F)c(F)c(F)c(F)c1F)c1c(F)c(F)c(F)c(F)c1F)C(C)(C)C.[Li+]. The van der Waals surface area contributed by atoms with Crippen LogP contribution in [0.1, 0.15) is 20.8 Å². The molecule has 0 spiro atoms. The predicted octanol–water partition coefficient (Wildman–Crippen LogP) is 2.17. The third kappa shape index (κ3) is 14.2. The van der Waals surface area contributed by atoms with Crippen LogP contribution >= 0.6 is 7.68 Å². The van der Waals surface area contributed by atoms with Gasteiger partial charge in [-0.2, -0.15) is 0 Å². The molecule has 8 nitrogen and oxygen atoms in total. The van der Waals surface area contributed by atoms with Crippen LogP contribution in [-0.2, 0) is 37.9 Å². The van der Waals surface area contributed by atoms with Crippen molar-refractivity contribution in [2.45, 2.75) is 25.9 Å². The molecule has 0 radical (unpaired) electrons. The Morgan fingerprint density at radius 1 is 0.308 bits per heavy atom. The number of benzene rings is 3. The molecule has 0 bridgehead atoms. The molecule has 27 heteroatoms. The summed E-state index contributed by atoms with van der Waals surface area (Å²) in [5.41, 5.74) is -7.45. The molecule has 65 heavy (non-hydrogen) atoms. The Balaban J connectivity index is 0.000000469. The molecule has 1 atom stereocenters. The molecule has 3 aromatic carbocycles. The smallest absolute Gasteiger partial charge is 0.377 e. The normalized spacial score (nSPS) is 17.0. The molecule has 0 aliphatic carbocycles. The minimum Gasteiger partial charge on any atom is -0.377 e. The first-order chi connectivity index (χ1) is 30.2. The van der Waals surface area contributed by atoms with Crippen LogP contribution in [0.25, 0.3) is 0 Å². The summed E-state index contributed by atoms with van der Waals surface area (Å²) in [5.74, 6) is -49.5. The van der Waals surface area contributed by atoms with Crippen LogP contribution in [0.2, 0.25) is 0 Å². The molecule has 3 aromatic rings. The van der Waals surface area contributed by atoms with Gasteiger partial charge in [-0.1, -0.05) is 16.4 Å². The number of rotatable bonds is 4. The zero-order valence-corrected chi connectivity index (χ0v) is 35.8. The van der Waals surface area contributed by atoms with E-state index in [-0.39, 0.29) is 18.9 Å². The third-order valence-corrected chi connectivity index (χ3v) is 10.8. The molecule has 0 N–H and O–H groups in total. The standard InChI is InChI=1S/C22H13B2F15P.2C8H16O4.Li/c1-22(2,3)40(23)24(4-7(25)13(31)19(37)14(32)8(4)26,5-9(27)15(33)20(38)16(34)10(5)28)6-11(29)17(35)21(39)18(36)12(6)30;2*1-2-10-5-6-12-8-7-11-4-3-9-1;/h40H,1-3,23H3;2*1-8H2;/q-1;;;+1. The van der Waals surface area contributed by atoms with Crippen molar-refractivity contribution in [1.29, 1.82) is 0 Å². The van der Waals surface area contributed by atoms with Crippen LogP contribution in [0.15, 0.2) is 0 Å². The second-order valence-corrected chi connectivity index (χ2v) is 16.8. The molecule has 5 rings (SSSR count). The first-order valence-electron chi connectivity index (χ1n) is 18.9. The van der Waals surface area contributed by atoms with Crippen LogP contribution in [0.3, 0.4) is 0 Å². The quantitative estimate of drug-likeness (QED) is 0.130. The molecule has 2 heterocycles. The molecule has 2 aliphatic heterocycles. The summed E-state index contributed by atoms with van der Waals surface area (Å²) in [4.78, 5) is 0. The average molecular weight is 974 g/mol. The Morgan fingerprint density at radius 3 is 0.554 bits per heavy atom. The van der Waals surface area contributed by atoms with E-state index in [2.05, 4.69) is 0 Å². The van der Waals surface area contributed by atoms with Crippen molar-refractivity contribution in [3.8, 4) is 0 Å². The van der Waals surface area contributed by atoms with Gasteiger partial charge in [-0.15, -0.1) is 0 Å². The van der Waals surface area contributed by atoms with Crippen LogP contribution < -0.4 is 35.2 Å². The van der Waals surface area contributed by atoms with Crippen LogP contribution in [-0.4, -0.2) is 124 Å².